The van der Waals surface area contributed by atoms with Gasteiger partial charge in [0, 0.05) is 23.7 Å². The van der Waals surface area contributed by atoms with Gasteiger partial charge in [0.25, 0.3) is 0 Å². The Morgan fingerprint density at radius 1 is 0.786 bits per heavy atom. The predicted molar refractivity (Wildman–Crippen MR) is 116 cm³/mol. The van der Waals surface area contributed by atoms with E-state index >= 15 is 0 Å². The van der Waals surface area contributed by atoms with Gasteiger partial charge in [0.2, 0.25) is 0 Å². The standard InChI is InChI=1S/C25H24O2S/c1-19(26)18-28-24-14-12-20(13-15-24)16-23(27)17-25(21-8-4-2-5-9-21)22-10-6-3-7-11-22/h2-15,25H,16-18H2,1H3. The summed E-state index contributed by atoms with van der Waals surface area (Å²) in [6.45, 7) is 1.59. The molecular weight excluding hydrogens is 364 g/mol. The van der Waals surface area contributed by atoms with E-state index in [-0.39, 0.29) is 17.5 Å². The third kappa shape index (κ3) is 5.93. The Morgan fingerprint density at radius 3 is 1.82 bits per heavy atom. The molecule has 0 heterocycles. The van der Waals surface area contributed by atoms with Crippen molar-refractivity contribution in [3.05, 3.63) is 102 Å². The van der Waals surface area contributed by atoms with Gasteiger partial charge >= 0.3 is 0 Å². The van der Waals surface area contributed by atoms with Gasteiger partial charge in [0.15, 0.2) is 0 Å². The molecule has 0 bridgehead atoms. The fourth-order valence-corrected chi connectivity index (χ4v) is 3.91. The minimum Gasteiger partial charge on any atom is -0.299 e. The number of thioether (sulfide) groups is 1. The van der Waals surface area contributed by atoms with Crippen LogP contribution in [0.4, 0.5) is 0 Å². The van der Waals surface area contributed by atoms with Gasteiger partial charge in [-0.15, -0.1) is 11.8 Å². The number of Topliss-reactive ketones (excluding diaryl/α,β-unsaturated/α-hetero) is 2. The molecule has 0 aliphatic carbocycles. The van der Waals surface area contributed by atoms with Crippen molar-refractivity contribution in [3.8, 4) is 0 Å². The topological polar surface area (TPSA) is 34.1 Å². The third-order valence-corrected chi connectivity index (χ3v) is 5.76. The molecule has 3 aromatic rings. The number of benzene rings is 3. The molecule has 0 N–H and O–H groups in total. The second-order valence-corrected chi connectivity index (χ2v) is 7.98. The lowest BCUT2D eigenvalue weighted by Crippen LogP contribution is -2.11. The van der Waals surface area contributed by atoms with Crippen molar-refractivity contribution in [2.75, 3.05) is 5.75 Å². The van der Waals surface area contributed by atoms with Crippen LogP contribution in [-0.2, 0) is 16.0 Å². The zero-order valence-corrected chi connectivity index (χ0v) is 16.8. The minimum absolute atomic E-state index is 0.0697. The summed E-state index contributed by atoms with van der Waals surface area (Å²) in [5.74, 6) is 0.938. The molecule has 0 amide bonds. The molecule has 3 heteroatoms. The fraction of sp³-hybridized carbons (Fsp3) is 0.200. The lowest BCUT2D eigenvalue weighted by molar-refractivity contribution is -0.118. The Morgan fingerprint density at radius 2 is 1.32 bits per heavy atom. The molecule has 2 nitrogen and oxygen atoms in total. The van der Waals surface area contributed by atoms with Crippen molar-refractivity contribution < 1.29 is 9.59 Å². The summed E-state index contributed by atoms with van der Waals surface area (Å²) >= 11 is 1.53. The Balaban J connectivity index is 1.68. The van der Waals surface area contributed by atoms with Crippen LogP contribution in [0.3, 0.4) is 0 Å². The van der Waals surface area contributed by atoms with Gasteiger partial charge in [0.05, 0.1) is 5.75 Å². The molecule has 0 radical (unpaired) electrons. The number of carbonyl (C=O) groups is 2. The van der Waals surface area contributed by atoms with E-state index in [4.69, 9.17) is 0 Å². The van der Waals surface area contributed by atoms with Crippen LogP contribution in [-0.4, -0.2) is 17.3 Å². The summed E-state index contributed by atoms with van der Waals surface area (Å²) in [7, 11) is 0. The first-order valence-electron chi connectivity index (χ1n) is 9.44. The van der Waals surface area contributed by atoms with Crippen LogP contribution in [0.25, 0.3) is 0 Å². The predicted octanol–water partition coefficient (Wildman–Crippen LogP) is 5.70. The summed E-state index contributed by atoms with van der Waals surface area (Å²) in [5, 5.41) is 0. The van der Waals surface area contributed by atoms with Crippen LogP contribution < -0.4 is 0 Å². The molecule has 0 aromatic heterocycles. The van der Waals surface area contributed by atoms with Gasteiger partial charge in [-0.3, -0.25) is 9.59 Å². The van der Waals surface area contributed by atoms with Gasteiger partial charge in [-0.25, -0.2) is 0 Å². The van der Waals surface area contributed by atoms with Gasteiger partial charge in [0.1, 0.15) is 11.6 Å². The first-order valence-corrected chi connectivity index (χ1v) is 10.4. The van der Waals surface area contributed by atoms with Crippen molar-refractivity contribution in [1.82, 2.24) is 0 Å². The maximum Gasteiger partial charge on any atom is 0.140 e. The number of hydrogen-bond donors (Lipinski definition) is 0. The Hall–Kier alpha value is -2.65. The molecule has 3 rings (SSSR count). The highest BCUT2D eigenvalue weighted by atomic mass is 32.2. The molecule has 0 aliphatic rings. The fourth-order valence-electron chi connectivity index (χ4n) is 3.21. The Kier molecular flexibility index (Phi) is 7.21. The lowest BCUT2D eigenvalue weighted by Gasteiger charge is -2.17. The van der Waals surface area contributed by atoms with Gasteiger partial charge < -0.3 is 0 Å². The van der Waals surface area contributed by atoms with E-state index in [0.717, 1.165) is 21.6 Å². The maximum atomic E-state index is 12.8. The number of ketones is 2. The van der Waals surface area contributed by atoms with Gasteiger partial charge in [-0.05, 0) is 35.7 Å². The summed E-state index contributed by atoms with van der Waals surface area (Å²) in [6.07, 6.45) is 0.905. The molecule has 0 aliphatic heterocycles. The molecule has 3 aromatic carbocycles. The van der Waals surface area contributed by atoms with E-state index in [1.807, 2.05) is 60.7 Å². The monoisotopic (exact) mass is 388 g/mol. The number of rotatable bonds is 9. The summed E-state index contributed by atoms with van der Waals surface area (Å²) < 4.78 is 0. The highest BCUT2D eigenvalue weighted by Crippen LogP contribution is 2.28. The molecule has 0 saturated heterocycles. The summed E-state index contributed by atoms with van der Waals surface area (Å²) in [4.78, 5) is 25.0. The Bertz CT molecular complexity index is 863. The highest BCUT2D eigenvalue weighted by molar-refractivity contribution is 8.00. The SMILES string of the molecule is CC(=O)CSc1ccc(CC(=O)CC(c2ccccc2)c2ccccc2)cc1. The zero-order chi connectivity index (χ0) is 19.8. The number of hydrogen-bond acceptors (Lipinski definition) is 3. The second-order valence-electron chi connectivity index (χ2n) is 6.93. The first kappa shape index (κ1) is 20.1. The average molecular weight is 389 g/mol. The molecule has 0 fully saturated rings. The molecule has 0 atom stereocenters. The van der Waals surface area contributed by atoms with E-state index in [1.54, 1.807) is 6.92 Å². The van der Waals surface area contributed by atoms with Crippen LogP contribution in [0, 0.1) is 0 Å². The summed E-state index contributed by atoms with van der Waals surface area (Å²) in [5.41, 5.74) is 3.34. The first-order chi connectivity index (χ1) is 13.6. The van der Waals surface area contributed by atoms with E-state index in [1.165, 1.54) is 11.8 Å². The third-order valence-electron chi connectivity index (χ3n) is 4.60. The molecule has 0 spiro atoms. The summed E-state index contributed by atoms with van der Waals surface area (Å²) in [6, 6.07) is 28.4. The normalized spacial score (nSPS) is 10.8. The van der Waals surface area contributed by atoms with Crippen molar-refractivity contribution in [3.63, 3.8) is 0 Å². The van der Waals surface area contributed by atoms with E-state index in [0.29, 0.717) is 18.6 Å². The molecule has 0 unspecified atom stereocenters. The van der Waals surface area contributed by atoms with E-state index < -0.39 is 0 Å². The molecule has 28 heavy (non-hydrogen) atoms. The van der Waals surface area contributed by atoms with Crippen LogP contribution >= 0.6 is 11.8 Å². The van der Waals surface area contributed by atoms with E-state index in [9.17, 15) is 9.59 Å². The maximum absolute atomic E-state index is 12.8. The molecule has 142 valence electrons. The van der Waals surface area contributed by atoms with E-state index in [2.05, 4.69) is 24.3 Å². The quantitative estimate of drug-likeness (QED) is 0.441. The van der Waals surface area contributed by atoms with Crippen molar-refractivity contribution in [2.24, 2.45) is 0 Å². The van der Waals surface area contributed by atoms with Crippen LogP contribution in [0.15, 0.2) is 89.8 Å². The second kappa shape index (κ2) is 10.0. The van der Waals surface area contributed by atoms with Crippen molar-refractivity contribution >= 4 is 23.3 Å². The highest BCUT2D eigenvalue weighted by Gasteiger charge is 2.18. The van der Waals surface area contributed by atoms with Gasteiger partial charge in [-0.2, -0.15) is 0 Å². The Labute approximate surface area is 171 Å². The average Bonchev–Trinajstić information content (AvgIpc) is 2.73. The molecular formula is C25H24O2S. The number of carbonyl (C=O) groups excluding carboxylic acids is 2. The lowest BCUT2D eigenvalue weighted by atomic mass is 9.86. The van der Waals surface area contributed by atoms with Gasteiger partial charge in [-0.1, -0.05) is 72.8 Å². The zero-order valence-electron chi connectivity index (χ0n) is 16.0. The van der Waals surface area contributed by atoms with Crippen LogP contribution in [0.5, 0.6) is 0 Å². The largest absolute Gasteiger partial charge is 0.299 e. The van der Waals surface area contributed by atoms with Crippen LogP contribution in [0.2, 0.25) is 0 Å². The molecule has 0 saturated carbocycles. The van der Waals surface area contributed by atoms with Crippen molar-refractivity contribution in [2.45, 2.75) is 30.6 Å². The van der Waals surface area contributed by atoms with Crippen LogP contribution in [0.1, 0.15) is 36.0 Å². The smallest absolute Gasteiger partial charge is 0.140 e. The minimum atomic E-state index is 0.0697. The van der Waals surface area contributed by atoms with Crippen molar-refractivity contribution in [1.29, 1.82) is 0 Å².